The Labute approximate surface area is 78.0 Å². The Morgan fingerprint density at radius 1 is 1.15 bits per heavy atom. The molecule has 1 aromatic rings. The number of hydrogen-bond acceptors (Lipinski definition) is 2. The third-order valence-electron chi connectivity index (χ3n) is 2.24. The smallest absolute Gasteiger partial charge is 0.116 e. The van der Waals surface area contributed by atoms with E-state index in [9.17, 15) is 0 Å². The second kappa shape index (κ2) is 3.13. The number of allylic oxidation sites excluding steroid dienone is 2. The lowest BCUT2D eigenvalue weighted by molar-refractivity contribution is 0.953. The summed E-state index contributed by atoms with van der Waals surface area (Å²) in [4.78, 5) is 8.39. The molecule has 0 bridgehead atoms. The van der Waals surface area contributed by atoms with E-state index >= 15 is 0 Å². The maximum Gasteiger partial charge on any atom is 0.116 e. The molecule has 0 radical (unpaired) electrons. The summed E-state index contributed by atoms with van der Waals surface area (Å²) in [6.07, 6.45) is 10.1. The monoisotopic (exact) mass is 172 g/mol. The Kier molecular flexibility index (Phi) is 1.97. The van der Waals surface area contributed by atoms with E-state index in [-0.39, 0.29) is 0 Å². The van der Waals surface area contributed by atoms with E-state index in [0.717, 1.165) is 17.0 Å². The molecule has 0 saturated heterocycles. The van der Waals surface area contributed by atoms with Crippen LogP contribution in [0.2, 0.25) is 0 Å². The molecular formula is C11H12N2. The molecule has 13 heavy (non-hydrogen) atoms. The minimum absolute atomic E-state index is 0.480. The quantitative estimate of drug-likeness (QED) is 0.600. The van der Waals surface area contributed by atoms with E-state index in [1.54, 1.807) is 6.33 Å². The Balaban J connectivity index is 2.59. The molecule has 2 nitrogen and oxygen atoms in total. The summed E-state index contributed by atoms with van der Waals surface area (Å²) in [6, 6.07) is 0. The zero-order valence-electron chi connectivity index (χ0n) is 7.86. The maximum absolute atomic E-state index is 4.23. The summed E-state index contributed by atoms with van der Waals surface area (Å²) in [5.74, 6) is 0.480. The van der Waals surface area contributed by atoms with Crippen LogP contribution < -0.4 is 0 Å². The Hall–Kier alpha value is -1.44. The molecule has 0 aromatic carbocycles. The van der Waals surface area contributed by atoms with Crippen LogP contribution in [0.5, 0.6) is 0 Å². The van der Waals surface area contributed by atoms with Crippen LogP contribution in [0.25, 0.3) is 12.2 Å². The summed E-state index contributed by atoms with van der Waals surface area (Å²) in [6.45, 7) is 4.16. The largest absolute Gasteiger partial charge is 0.241 e. The number of rotatable bonds is 0. The molecule has 1 aliphatic carbocycles. The van der Waals surface area contributed by atoms with Crippen molar-refractivity contribution in [2.75, 3.05) is 0 Å². The van der Waals surface area contributed by atoms with Crippen molar-refractivity contribution in [1.29, 1.82) is 0 Å². The van der Waals surface area contributed by atoms with Crippen LogP contribution in [0, 0.1) is 12.8 Å². The summed E-state index contributed by atoms with van der Waals surface area (Å²) in [5.41, 5.74) is 3.20. The summed E-state index contributed by atoms with van der Waals surface area (Å²) in [7, 11) is 0. The summed E-state index contributed by atoms with van der Waals surface area (Å²) < 4.78 is 0. The first-order valence-corrected chi connectivity index (χ1v) is 4.45. The highest BCUT2D eigenvalue weighted by Gasteiger charge is 2.05. The average molecular weight is 172 g/mol. The lowest BCUT2D eigenvalue weighted by Crippen LogP contribution is -1.92. The van der Waals surface area contributed by atoms with Crippen LogP contribution in [0.3, 0.4) is 0 Å². The minimum Gasteiger partial charge on any atom is -0.241 e. The second-order valence-corrected chi connectivity index (χ2v) is 3.34. The highest BCUT2D eigenvalue weighted by Crippen LogP contribution is 2.18. The van der Waals surface area contributed by atoms with Crippen molar-refractivity contribution in [2.45, 2.75) is 13.8 Å². The van der Waals surface area contributed by atoms with E-state index in [1.807, 2.05) is 6.92 Å². The van der Waals surface area contributed by atoms with Gasteiger partial charge in [-0.05, 0) is 18.9 Å². The number of aryl methyl sites for hydroxylation is 1. The third-order valence-corrected chi connectivity index (χ3v) is 2.24. The number of fused-ring (bicyclic) bond motifs is 1. The molecule has 1 unspecified atom stereocenters. The molecule has 1 aromatic heterocycles. The van der Waals surface area contributed by atoms with Crippen molar-refractivity contribution in [1.82, 2.24) is 9.97 Å². The van der Waals surface area contributed by atoms with Gasteiger partial charge in [0.25, 0.3) is 0 Å². The van der Waals surface area contributed by atoms with Gasteiger partial charge in [-0.25, -0.2) is 9.97 Å². The highest BCUT2D eigenvalue weighted by molar-refractivity contribution is 5.66. The predicted molar refractivity (Wildman–Crippen MR) is 54.0 cm³/mol. The normalized spacial score (nSPS) is 19.7. The molecule has 0 aliphatic heterocycles. The maximum atomic E-state index is 4.23. The molecule has 1 heterocycles. The first-order chi connectivity index (χ1) is 6.27. The van der Waals surface area contributed by atoms with Gasteiger partial charge in [0.05, 0.1) is 5.69 Å². The zero-order valence-corrected chi connectivity index (χ0v) is 7.86. The van der Waals surface area contributed by atoms with E-state index < -0.39 is 0 Å². The van der Waals surface area contributed by atoms with Crippen LogP contribution in [0.15, 0.2) is 18.5 Å². The Morgan fingerprint density at radius 2 is 1.92 bits per heavy atom. The van der Waals surface area contributed by atoms with Crippen molar-refractivity contribution >= 4 is 12.2 Å². The van der Waals surface area contributed by atoms with Crippen molar-refractivity contribution < 1.29 is 0 Å². The van der Waals surface area contributed by atoms with E-state index in [4.69, 9.17) is 0 Å². The number of nitrogens with zero attached hydrogens (tertiary/aromatic N) is 2. The first-order valence-electron chi connectivity index (χ1n) is 4.45. The van der Waals surface area contributed by atoms with E-state index in [0.29, 0.717) is 5.92 Å². The second-order valence-electron chi connectivity index (χ2n) is 3.34. The first kappa shape index (κ1) is 8.17. The van der Waals surface area contributed by atoms with Gasteiger partial charge >= 0.3 is 0 Å². The molecule has 0 saturated carbocycles. The van der Waals surface area contributed by atoms with Gasteiger partial charge in [0, 0.05) is 11.3 Å². The SMILES string of the molecule is Cc1ncnc2c1C=CC(C)C=C2. The molecular weight excluding hydrogens is 160 g/mol. The van der Waals surface area contributed by atoms with Gasteiger partial charge in [-0.1, -0.05) is 25.2 Å². The molecule has 0 fully saturated rings. The van der Waals surface area contributed by atoms with Crippen molar-refractivity contribution in [3.05, 3.63) is 35.4 Å². The van der Waals surface area contributed by atoms with E-state index in [1.165, 1.54) is 0 Å². The van der Waals surface area contributed by atoms with E-state index in [2.05, 4.69) is 41.2 Å². The van der Waals surface area contributed by atoms with Gasteiger partial charge in [0.2, 0.25) is 0 Å². The lowest BCUT2D eigenvalue weighted by Gasteiger charge is -2.00. The summed E-state index contributed by atoms with van der Waals surface area (Å²) in [5, 5.41) is 0. The van der Waals surface area contributed by atoms with Gasteiger partial charge in [-0.15, -0.1) is 0 Å². The highest BCUT2D eigenvalue weighted by atomic mass is 14.8. The molecule has 0 spiro atoms. The zero-order chi connectivity index (χ0) is 9.26. The lowest BCUT2D eigenvalue weighted by atomic mass is 10.1. The Bertz CT molecular complexity index is 378. The predicted octanol–water partition coefficient (Wildman–Crippen LogP) is 2.46. The molecule has 2 heteroatoms. The topological polar surface area (TPSA) is 25.8 Å². The molecule has 0 N–H and O–H groups in total. The van der Waals surface area contributed by atoms with Gasteiger partial charge in [-0.2, -0.15) is 0 Å². The van der Waals surface area contributed by atoms with Crippen LogP contribution in [-0.4, -0.2) is 9.97 Å². The third kappa shape index (κ3) is 1.52. The fourth-order valence-corrected chi connectivity index (χ4v) is 1.40. The van der Waals surface area contributed by atoms with Crippen molar-refractivity contribution in [3.63, 3.8) is 0 Å². The van der Waals surface area contributed by atoms with Crippen molar-refractivity contribution in [3.8, 4) is 0 Å². The fourth-order valence-electron chi connectivity index (χ4n) is 1.40. The molecule has 2 rings (SSSR count). The van der Waals surface area contributed by atoms with Crippen LogP contribution >= 0.6 is 0 Å². The Morgan fingerprint density at radius 3 is 2.77 bits per heavy atom. The molecule has 66 valence electrons. The average Bonchev–Trinajstić information content (AvgIpc) is 2.30. The van der Waals surface area contributed by atoms with Crippen LogP contribution in [0.4, 0.5) is 0 Å². The standard InChI is InChI=1S/C11H12N2/c1-8-3-5-10-9(2)12-7-13-11(10)6-4-8/h3-8H,1-2H3. The van der Waals surface area contributed by atoms with Crippen LogP contribution in [-0.2, 0) is 0 Å². The van der Waals surface area contributed by atoms with Gasteiger partial charge < -0.3 is 0 Å². The van der Waals surface area contributed by atoms with Gasteiger partial charge in [-0.3, -0.25) is 0 Å². The number of aromatic nitrogens is 2. The fraction of sp³-hybridized carbons (Fsp3) is 0.273. The molecule has 1 atom stereocenters. The summed E-state index contributed by atoms with van der Waals surface area (Å²) >= 11 is 0. The van der Waals surface area contributed by atoms with Gasteiger partial charge in [0.15, 0.2) is 0 Å². The molecule has 0 amide bonds. The van der Waals surface area contributed by atoms with Gasteiger partial charge in [0.1, 0.15) is 6.33 Å². The minimum atomic E-state index is 0.480. The van der Waals surface area contributed by atoms with Crippen LogP contribution in [0.1, 0.15) is 23.9 Å². The molecule has 1 aliphatic rings. The van der Waals surface area contributed by atoms with Crippen molar-refractivity contribution in [2.24, 2.45) is 5.92 Å². The number of hydrogen-bond donors (Lipinski definition) is 0.